The van der Waals surface area contributed by atoms with Crippen molar-refractivity contribution < 1.29 is 9.21 Å². The van der Waals surface area contributed by atoms with Crippen molar-refractivity contribution in [1.29, 1.82) is 0 Å². The first kappa shape index (κ1) is 16.8. The number of carbonyl (C=O) groups excluding carboxylic acids is 1. The summed E-state index contributed by atoms with van der Waals surface area (Å²) < 4.78 is 6.57. The molecule has 0 aliphatic heterocycles. The van der Waals surface area contributed by atoms with Gasteiger partial charge in [-0.25, -0.2) is 4.79 Å². The Morgan fingerprint density at radius 2 is 1.92 bits per heavy atom. The first-order valence-corrected chi connectivity index (χ1v) is 8.21. The SMILES string of the molecule is CCCN(C)c1ccc(C(=O)Nc2ccc3c(c2)oc(=O)n3C)cc1. The van der Waals surface area contributed by atoms with Gasteiger partial charge >= 0.3 is 5.76 Å². The number of aryl methyl sites for hydroxylation is 1. The molecule has 0 saturated carbocycles. The zero-order valence-electron chi connectivity index (χ0n) is 14.6. The Morgan fingerprint density at radius 1 is 1.20 bits per heavy atom. The molecule has 25 heavy (non-hydrogen) atoms. The molecule has 0 radical (unpaired) electrons. The molecule has 130 valence electrons. The van der Waals surface area contributed by atoms with Crippen LogP contribution in [0, 0.1) is 0 Å². The molecule has 0 spiro atoms. The van der Waals surface area contributed by atoms with Crippen molar-refractivity contribution in [3.8, 4) is 0 Å². The van der Waals surface area contributed by atoms with Crippen LogP contribution in [0.2, 0.25) is 0 Å². The van der Waals surface area contributed by atoms with E-state index < -0.39 is 5.76 Å². The van der Waals surface area contributed by atoms with Gasteiger partial charge < -0.3 is 14.6 Å². The van der Waals surface area contributed by atoms with E-state index in [1.54, 1.807) is 37.4 Å². The molecule has 0 saturated heterocycles. The average molecular weight is 339 g/mol. The van der Waals surface area contributed by atoms with Crippen molar-refractivity contribution in [2.45, 2.75) is 13.3 Å². The molecule has 3 rings (SSSR count). The second-order valence-corrected chi connectivity index (χ2v) is 6.03. The molecule has 6 heteroatoms. The van der Waals surface area contributed by atoms with Crippen LogP contribution in [-0.2, 0) is 7.05 Å². The van der Waals surface area contributed by atoms with Gasteiger partial charge in [0.15, 0.2) is 5.58 Å². The van der Waals surface area contributed by atoms with Crippen molar-refractivity contribution in [2.75, 3.05) is 23.8 Å². The molecule has 0 aliphatic carbocycles. The topological polar surface area (TPSA) is 67.5 Å². The summed E-state index contributed by atoms with van der Waals surface area (Å²) in [6.07, 6.45) is 1.07. The maximum atomic E-state index is 12.4. The number of carbonyl (C=O) groups is 1. The van der Waals surface area contributed by atoms with Gasteiger partial charge in [-0.3, -0.25) is 9.36 Å². The van der Waals surface area contributed by atoms with E-state index in [1.165, 1.54) is 4.57 Å². The molecule has 2 aromatic carbocycles. The predicted molar refractivity (Wildman–Crippen MR) is 99.4 cm³/mol. The molecule has 0 bridgehead atoms. The smallest absolute Gasteiger partial charge is 0.408 e. The van der Waals surface area contributed by atoms with Crippen LogP contribution in [0.5, 0.6) is 0 Å². The standard InChI is InChI=1S/C19H21N3O3/c1-4-11-21(2)15-8-5-13(6-9-15)18(23)20-14-7-10-16-17(12-14)25-19(24)22(16)3/h5-10,12H,4,11H2,1-3H3,(H,20,23). The number of rotatable bonds is 5. The summed E-state index contributed by atoms with van der Waals surface area (Å²) in [6, 6.07) is 12.6. The van der Waals surface area contributed by atoms with Crippen LogP contribution >= 0.6 is 0 Å². The van der Waals surface area contributed by atoms with Crippen LogP contribution in [0.15, 0.2) is 51.7 Å². The van der Waals surface area contributed by atoms with E-state index >= 15 is 0 Å². The molecule has 0 atom stereocenters. The second-order valence-electron chi connectivity index (χ2n) is 6.03. The van der Waals surface area contributed by atoms with Crippen LogP contribution in [0.4, 0.5) is 11.4 Å². The minimum absolute atomic E-state index is 0.206. The van der Waals surface area contributed by atoms with Gasteiger partial charge in [-0.1, -0.05) is 6.92 Å². The summed E-state index contributed by atoms with van der Waals surface area (Å²) in [5, 5.41) is 2.83. The first-order chi connectivity index (χ1) is 12.0. The number of anilines is 2. The third-order valence-corrected chi connectivity index (χ3v) is 4.18. The van der Waals surface area contributed by atoms with E-state index in [9.17, 15) is 9.59 Å². The number of amides is 1. The Balaban J connectivity index is 1.76. The fraction of sp³-hybridized carbons (Fsp3) is 0.263. The van der Waals surface area contributed by atoms with E-state index in [0.717, 1.165) is 18.7 Å². The molecule has 1 aromatic heterocycles. The Labute approximate surface area is 145 Å². The molecule has 3 aromatic rings. The highest BCUT2D eigenvalue weighted by atomic mass is 16.4. The van der Waals surface area contributed by atoms with Gasteiger partial charge in [0.1, 0.15) is 0 Å². The summed E-state index contributed by atoms with van der Waals surface area (Å²) >= 11 is 0. The van der Waals surface area contributed by atoms with Crippen LogP contribution in [0.25, 0.3) is 11.1 Å². The van der Waals surface area contributed by atoms with Crippen molar-refractivity contribution in [1.82, 2.24) is 4.57 Å². The van der Waals surface area contributed by atoms with Gasteiger partial charge in [-0.15, -0.1) is 0 Å². The molecule has 1 N–H and O–H groups in total. The number of oxazole rings is 1. The monoisotopic (exact) mass is 339 g/mol. The number of benzene rings is 2. The van der Waals surface area contributed by atoms with E-state index in [-0.39, 0.29) is 5.91 Å². The fourth-order valence-corrected chi connectivity index (χ4v) is 2.75. The largest absolute Gasteiger partial charge is 0.419 e. The maximum Gasteiger partial charge on any atom is 0.419 e. The van der Waals surface area contributed by atoms with Gasteiger partial charge in [0.25, 0.3) is 5.91 Å². The third kappa shape index (κ3) is 3.42. The van der Waals surface area contributed by atoms with E-state index in [2.05, 4.69) is 17.1 Å². The van der Waals surface area contributed by atoms with Crippen LogP contribution in [-0.4, -0.2) is 24.1 Å². The highest BCUT2D eigenvalue weighted by Crippen LogP contribution is 2.19. The van der Waals surface area contributed by atoms with E-state index in [4.69, 9.17) is 4.42 Å². The maximum absolute atomic E-state index is 12.4. The van der Waals surface area contributed by atoms with Crippen LogP contribution in [0.3, 0.4) is 0 Å². The molecular weight excluding hydrogens is 318 g/mol. The lowest BCUT2D eigenvalue weighted by atomic mass is 10.1. The lowest BCUT2D eigenvalue weighted by Crippen LogP contribution is -2.18. The number of hydrogen-bond donors (Lipinski definition) is 1. The minimum atomic E-state index is -0.426. The number of aromatic nitrogens is 1. The third-order valence-electron chi connectivity index (χ3n) is 4.18. The second kappa shape index (κ2) is 6.84. The number of nitrogens with one attached hydrogen (secondary N) is 1. The number of nitrogens with zero attached hydrogens (tertiary/aromatic N) is 2. The number of hydrogen-bond acceptors (Lipinski definition) is 4. The van der Waals surface area contributed by atoms with Gasteiger partial charge in [-0.05, 0) is 42.8 Å². The zero-order chi connectivity index (χ0) is 18.0. The summed E-state index contributed by atoms with van der Waals surface area (Å²) in [5.41, 5.74) is 3.36. The normalized spacial score (nSPS) is 10.8. The predicted octanol–water partition coefficient (Wildman–Crippen LogP) is 3.23. The quantitative estimate of drug-likeness (QED) is 0.775. The van der Waals surface area contributed by atoms with Crippen LogP contribution < -0.4 is 16.0 Å². The summed E-state index contributed by atoms with van der Waals surface area (Å²) in [5.74, 6) is -0.632. The van der Waals surface area contributed by atoms with Gasteiger partial charge in [0.2, 0.25) is 0 Å². The molecule has 1 amide bonds. The Hall–Kier alpha value is -3.02. The van der Waals surface area contributed by atoms with Crippen molar-refractivity contribution in [2.24, 2.45) is 7.05 Å². The highest BCUT2D eigenvalue weighted by molar-refractivity contribution is 6.05. The Bertz CT molecular complexity index is 954. The molecule has 1 heterocycles. The first-order valence-electron chi connectivity index (χ1n) is 8.21. The summed E-state index contributed by atoms with van der Waals surface area (Å²) in [7, 11) is 3.67. The average Bonchev–Trinajstić information content (AvgIpc) is 2.89. The molecule has 6 nitrogen and oxygen atoms in total. The molecule has 0 aliphatic rings. The van der Waals surface area contributed by atoms with Crippen molar-refractivity contribution >= 4 is 28.4 Å². The van der Waals surface area contributed by atoms with Crippen molar-refractivity contribution in [3.63, 3.8) is 0 Å². The zero-order valence-corrected chi connectivity index (χ0v) is 14.6. The van der Waals surface area contributed by atoms with Gasteiger partial charge in [-0.2, -0.15) is 0 Å². The van der Waals surface area contributed by atoms with Crippen molar-refractivity contribution in [3.05, 3.63) is 58.6 Å². The van der Waals surface area contributed by atoms with Crippen LogP contribution in [0.1, 0.15) is 23.7 Å². The van der Waals surface area contributed by atoms with E-state index in [0.29, 0.717) is 22.4 Å². The molecule has 0 unspecified atom stereocenters. The van der Waals surface area contributed by atoms with Gasteiger partial charge in [0, 0.05) is 43.6 Å². The summed E-state index contributed by atoms with van der Waals surface area (Å²) in [6.45, 7) is 3.10. The Kier molecular flexibility index (Phi) is 4.61. The lowest BCUT2D eigenvalue weighted by molar-refractivity contribution is 0.102. The Morgan fingerprint density at radius 3 is 2.60 bits per heavy atom. The minimum Gasteiger partial charge on any atom is -0.408 e. The number of fused-ring (bicyclic) bond motifs is 1. The molecular formula is C19H21N3O3. The van der Waals surface area contributed by atoms with E-state index in [1.807, 2.05) is 19.2 Å². The fourth-order valence-electron chi connectivity index (χ4n) is 2.75. The summed E-state index contributed by atoms with van der Waals surface area (Å²) in [4.78, 5) is 26.1. The highest BCUT2D eigenvalue weighted by Gasteiger charge is 2.10. The molecule has 0 fully saturated rings. The lowest BCUT2D eigenvalue weighted by Gasteiger charge is -2.18. The van der Waals surface area contributed by atoms with Gasteiger partial charge in [0.05, 0.1) is 5.52 Å².